The molecule has 0 aromatic heterocycles. The number of Topliss-reactive ketones (excluding diaryl/α,β-unsaturated/α-hetero) is 1. The highest BCUT2D eigenvalue weighted by atomic mass is 16.6. The fraction of sp³-hybridized carbons (Fsp3) is 0.333. The van der Waals surface area contributed by atoms with Crippen molar-refractivity contribution in [1.82, 2.24) is 0 Å². The maximum absolute atomic E-state index is 11.8. The first-order chi connectivity index (χ1) is 7.58. The maximum Gasteiger partial charge on any atom is 0.367 e. The van der Waals surface area contributed by atoms with E-state index in [1.807, 2.05) is 6.92 Å². The van der Waals surface area contributed by atoms with Gasteiger partial charge in [0.25, 0.3) is 5.60 Å². The molecule has 4 heteroatoms. The second-order valence-electron chi connectivity index (χ2n) is 2.97. The summed E-state index contributed by atoms with van der Waals surface area (Å²) in [4.78, 5) is 23.5. The first-order valence-corrected chi connectivity index (χ1v) is 4.86. The molecule has 0 aromatic carbocycles. The molecule has 0 bridgehead atoms. The van der Waals surface area contributed by atoms with Gasteiger partial charge in [0.15, 0.2) is 5.78 Å². The molecule has 0 N–H and O–H groups in total. The van der Waals surface area contributed by atoms with Crippen molar-refractivity contribution in [2.45, 2.75) is 25.4 Å². The van der Waals surface area contributed by atoms with Crippen LogP contribution in [0.3, 0.4) is 0 Å². The van der Waals surface area contributed by atoms with Crippen LogP contribution in [-0.4, -0.2) is 17.4 Å². The number of hydrogen-bond donors (Lipinski definition) is 0. The van der Waals surface area contributed by atoms with E-state index in [0.717, 1.165) is 18.6 Å². The number of carbonyl (C=O) groups excluding carboxylic acids is 2. The molecule has 1 unspecified atom stereocenters. The van der Waals surface area contributed by atoms with Gasteiger partial charge in [-0.25, -0.2) is 4.79 Å². The third-order valence-electron chi connectivity index (χ3n) is 1.94. The number of carbonyl (C=O) groups is 2. The molecule has 0 rings (SSSR count). The Morgan fingerprint density at radius 3 is 2.25 bits per heavy atom. The molecule has 0 fully saturated rings. The minimum atomic E-state index is -1.81. The van der Waals surface area contributed by atoms with Crippen molar-refractivity contribution in [1.29, 1.82) is 0 Å². The molecule has 0 amide bonds. The molecule has 0 aliphatic rings. The van der Waals surface area contributed by atoms with Gasteiger partial charge in [-0.2, -0.15) is 0 Å². The quantitative estimate of drug-likeness (QED) is 0.274. The van der Waals surface area contributed by atoms with Gasteiger partial charge in [0, 0.05) is 6.42 Å². The largest absolute Gasteiger partial charge is 0.472 e. The summed E-state index contributed by atoms with van der Waals surface area (Å²) in [6, 6.07) is 0. The predicted octanol–water partition coefficient (Wildman–Crippen LogP) is 2.13. The van der Waals surface area contributed by atoms with Gasteiger partial charge < -0.3 is 9.47 Å². The third kappa shape index (κ3) is 2.82. The van der Waals surface area contributed by atoms with Crippen LogP contribution < -0.4 is 0 Å². The fourth-order valence-electron chi connectivity index (χ4n) is 1.18. The van der Waals surface area contributed by atoms with Crippen molar-refractivity contribution < 1.29 is 19.1 Å². The fourth-order valence-corrected chi connectivity index (χ4v) is 1.18. The summed E-state index contributed by atoms with van der Waals surface area (Å²) in [5.41, 5.74) is -1.81. The van der Waals surface area contributed by atoms with E-state index in [1.54, 1.807) is 0 Å². The molecule has 0 spiro atoms. The van der Waals surface area contributed by atoms with E-state index in [1.165, 1.54) is 0 Å². The van der Waals surface area contributed by atoms with Gasteiger partial charge in [-0.3, -0.25) is 4.79 Å². The lowest BCUT2D eigenvalue weighted by Gasteiger charge is -2.24. The topological polar surface area (TPSA) is 52.6 Å². The first kappa shape index (κ1) is 14.2. The SMILES string of the molecule is C=COC(=O)C(C=C)(OC=C)C(=O)CCC. The van der Waals surface area contributed by atoms with Crippen LogP contribution in [0.2, 0.25) is 0 Å². The Kier molecular flexibility index (Phi) is 5.85. The summed E-state index contributed by atoms with van der Waals surface area (Å²) in [6.45, 7) is 11.8. The lowest BCUT2D eigenvalue weighted by Crippen LogP contribution is -2.46. The van der Waals surface area contributed by atoms with Gasteiger partial charge in [0.2, 0.25) is 0 Å². The summed E-state index contributed by atoms with van der Waals surface area (Å²) in [7, 11) is 0. The first-order valence-electron chi connectivity index (χ1n) is 4.86. The van der Waals surface area contributed by atoms with Crippen LogP contribution >= 0.6 is 0 Å². The highest BCUT2D eigenvalue weighted by molar-refractivity contribution is 6.09. The van der Waals surface area contributed by atoms with E-state index in [2.05, 4.69) is 24.5 Å². The summed E-state index contributed by atoms with van der Waals surface area (Å²) in [5.74, 6) is -1.28. The monoisotopic (exact) mass is 224 g/mol. The number of ether oxygens (including phenoxy) is 2. The van der Waals surface area contributed by atoms with Crippen LogP contribution in [0.15, 0.2) is 38.3 Å². The van der Waals surface area contributed by atoms with E-state index in [0.29, 0.717) is 6.42 Å². The van der Waals surface area contributed by atoms with Crippen LogP contribution in [0.4, 0.5) is 0 Å². The summed E-state index contributed by atoms with van der Waals surface area (Å²) in [5, 5.41) is 0. The second-order valence-corrected chi connectivity index (χ2v) is 2.97. The lowest BCUT2D eigenvalue weighted by atomic mass is 9.95. The predicted molar refractivity (Wildman–Crippen MR) is 60.4 cm³/mol. The molecule has 0 heterocycles. The van der Waals surface area contributed by atoms with E-state index >= 15 is 0 Å². The van der Waals surface area contributed by atoms with Crippen LogP contribution in [0.1, 0.15) is 19.8 Å². The molecule has 0 radical (unpaired) electrons. The van der Waals surface area contributed by atoms with Crippen molar-refractivity contribution in [3.05, 3.63) is 38.3 Å². The number of ketones is 1. The van der Waals surface area contributed by atoms with Crippen molar-refractivity contribution in [2.24, 2.45) is 0 Å². The van der Waals surface area contributed by atoms with Gasteiger partial charge in [-0.15, -0.1) is 0 Å². The van der Waals surface area contributed by atoms with E-state index in [4.69, 9.17) is 4.74 Å². The van der Waals surface area contributed by atoms with E-state index < -0.39 is 17.4 Å². The molecule has 4 nitrogen and oxygen atoms in total. The van der Waals surface area contributed by atoms with Crippen molar-refractivity contribution in [2.75, 3.05) is 0 Å². The average Bonchev–Trinajstić information content (AvgIpc) is 2.26. The molecule has 0 aliphatic heterocycles. The minimum Gasteiger partial charge on any atom is -0.472 e. The van der Waals surface area contributed by atoms with E-state index in [9.17, 15) is 9.59 Å². The Morgan fingerprint density at radius 2 is 1.88 bits per heavy atom. The summed E-state index contributed by atoms with van der Waals surface area (Å²) < 4.78 is 9.56. The third-order valence-corrected chi connectivity index (χ3v) is 1.94. The van der Waals surface area contributed by atoms with E-state index in [-0.39, 0.29) is 6.42 Å². The molecular formula is C12H16O4. The Morgan fingerprint density at radius 1 is 1.25 bits per heavy atom. The molecule has 0 saturated heterocycles. The Balaban J connectivity index is 5.19. The summed E-state index contributed by atoms with van der Waals surface area (Å²) in [6.07, 6.45) is 3.84. The number of hydrogen-bond acceptors (Lipinski definition) is 4. The zero-order valence-electron chi connectivity index (χ0n) is 9.40. The Bertz CT molecular complexity index is 306. The zero-order valence-corrected chi connectivity index (χ0v) is 9.40. The normalized spacial score (nSPS) is 13.1. The minimum absolute atomic E-state index is 0.187. The highest BCUT2D eigenvalue weighted by Crippen LogP contribution is 2.20. The number of rotatable bonds is 8. The standard InChI is InChI=1S/C12H16O4/c1-5-9-10(13)12(6-2,16-8-4)11(14)15-7-3/h6-8H,2-5,9H2,1H3. The summed E-state index contributed by atoms with van der Waals surface area (Å²) >= 11 is 0. The van der Waals surface area contributed by atoms with Crippen LogP contribution in [-0.2, 0) is 19.1 Å². The van der Waals surface area contributed by atoms with Crippen molar-refractivity contribution in [3.63, 3.8) is 0 Å². The Hall–Kier alpha value is -1.84. The smallest absolute Gasteiger partial charge is 0.367 e. The molecule has 16 heavy (non-hydrogen) atoms. The zero-order chi connectivity index (χ0) is 12.6. The van der Waals surface area contributed by atoms with Crippen LogP contribution in [0.5, 0.6) is 0 Å². The molecule has 1 atom stereocenters. The van der Waals surface area contributed by atoms with Gasteiger partial charge >= 0.3 is 5.97 Å². The van der Waals surface area contributed by atoms with Crippen LogP contribution in [0, 0.1) is 0 Å². The lowest BCUT2D eigenvalue weighted by molar-refractivity contribution is -0.161. The van der Waals surface area contributed by atoms with Gasteiger partial charge in [0.05, 0.1) is 12.5 Å². The molecule has 0 aromatic rings. The van der Waals surface area contributed by atoms with Crippen molar-refractivity contribution >= 4 is 11.8 Å². The average molecular weight is 224 g/mol. The molecule has 88 valence electrons. The maximum atomic E-state index is 11.8. The highest BCUT2D eigenvalue weighted by Gasteiger charge is 2.45. The van der Waals surface area contributed by atoms with Gasteiger partial charge in [-0.05, 0) is 12.5 Å². The molecule has 0 aliphatic carbocycles. The molecular weight excluding hydrogens is 208 g/mol. The van der Waals surface area contributed by atoms with Crippen molar-refractivity contribution in [3.8, 4) is 0 Å². The van der Waals surface area contributed by atoms with Gasteiger partial charge in [-0.1, -0.05) is 26.7 Å². The second kappa shape index (κ2) is 6.61. The molecule has 0 saturated carbocycles. The number of esters is 1. The van der Waals surface area contributed by atoms with Gasteiger partial charge in [0.1, 0.15) is 0 Å². The van der Waals surface area contributed by atoms with Crippen LogP contribution in [0.25, 0.3) is 0 Å². The Labute approximate surface area is 95.2 Å².